The molecule has 140 valence electrons. The lowest BCUT2D eigenvalue weighted by atomic mass is 9.80. The second-order valence-electron chi connectivity index (χ2n) is 7.42. The van der Waals surface area contributed by atoms with Gasteiger partial charge >= 0.3 is 0 Å². The molecule has 1 aliphatic heterocycles. The van der Waals surface area contributed by atoms with Crippen molar-refractivity contribution in [1.82, 2.24) is 35.0 Å². The molecule has 27 heavy (non-hydrogen) atoms. The number of aromatic nitrogens is 6. The van der Waals surface area contributed by atoms with Gasteiger partial charge in [-0.3, -0.25) is 4.79 Å². The highest BCUT2D eigenvalue weighted by atomic mass is 16.1. The number of hydrogen-bond donors (Lipinski definition) is 2. The molecule has 1 aliphatic rings. The fourth-order valence-electron chi connectivity index (χ4n) is 3.36. The van der Waals surface area contributed by atoms with E-state index in [1.165, 1.54) is 6.33 Å². The predicted octanol–water partition coefficient (Wildman–Crippen LogP) is 1.71. The number of nitrogens with zero attached hydrogens (tertiary/aromatic N) is 6. The maximum atomic E-state index is 11.7. The molecule has 9 nitrogen and oxygen atoms in total. The zero-order valence-electron chi connectivity index (χ0n) is 15.4. The molecule has 3 aromatic heterocycles. The maximum absolute atomic E-state index is 11.7. The number of anilines is 1. The van der Waals surface area contributed by atoms with Crippen molar-refractivity contribution in [2.75, 3.05) is 11.9 Å². The molecule has 9 heteroatoms. The summed E-state index contributed by atoms with van der Waals surface area (Å²) < 4.78 is 1.59. The van der Waals surface area contributed by atoms with Crippen LogP contribution in [0.1, 0.15) is 33.1 Å². The highest BCUT2D eigenvalue weighted by Gasteiger charge is 2.33. The molecule has 0 aromatic carbocycles. The van der Waals surface area contributed by atoms with Crippen LogP contribution in [0.3, 0.4) is 0 Å². The first-order chi connectivity index (χ1) is 13.0. The van der Waals surface area contributed by atoms with E-state index in [4.69, 9.17) is 0 Å². The van der Waals surface area contributed by atoms with Gasteiger partial charge in [0, 0.05) is 36.8 Å². The molecule has 1 saturated heterocycles. The molecule has 2 N–H and O–H groups in total. The van der Waals surface area contributed by atoms with E-state index in [1.807, 2.05) is 0 Å². The Labute approximate surface area is 156 Å². The van der Waals surface area contributed by atoms with Gasteiger partial charge in [0.25, 0.3) is 5.95 Å². The minimum atomic E-state index is -0.119. The lowest BCUT2D eigenvalue weighted by Gasteiger charge is -2.37. The lowest BCUT2D eigenvalue weighted by Crippen LogP contribution is -2.50. The maximum Gasteiger partial charge on any atom is 0.252 e. The van der Waals surface area contributed by atoms with Crippen LogP contribution in [0.25, 0.3) is 17.0 Å². The summed E-state index contributed by atoms with van der Waals surface area (Å²) in [6.07, 6.45) is 9.08. The first-order valence-corrected chi connectivity index (χ1v) is 9.04. The van der Waals surface area contributed by atoms with Crippen molar-refractivity contribution >= 4 is 22.8 Å². The summed E-state index contributed by atoms with van der Waals surface area (Å²) in [6, 6.07) is 1.90. The Morgan fingerprint density at radius 2 is 2.07 bits per heavy atom. The van der Waals surface area contributed by atoms with E-state index in [2.05, 4.69) is 49.5 Å². The molecule has 3 aromatic rings. The van der Waals surface area contributed by atoms with Crippen LogP contribution >= 0.6 is 0 Å². The van der Waals surface area contributed by atoms with Gasteiger partial charge in [-0.1, -0.05) is 13.8 Å². The van der Waals surface area contributed by atoms with Crippen LogP contribution < -0.4 is 10.6 Å². The van der Waals surface area contributed by atoms with Crippen molar-refractivity contribution in [3.63, 3.8) is 0 Å². The molecule has 1 unspecified atom stereocenters. The summed E-state index contributed by atoms with van der Waals surface area (Å²) in [5.74, 6) is 1.30. The summed E-state index contributed by atoms with van der Waals surface area (Å²) in [4.78, 5) is 28.9. The van der Waals surface area contributed by atoms with Gasteiger partial charge in [-0.2, -0.15) is 9.78 Å². The third-order valence-corrected chi connectivity index (χ3v) is 4.99. The zero-order valence-corrected chi connectivity index (χ0v) is 15.4. The van der Waals surface area contributed by atoms with E-state index in [1.54, 1.807) is 29.3 Å². The summed E-state index contributed by atoms with van der Waals surface area (Å²) in [5, 5.41) is 11.7. The summed E-state index contributed by atoms with van der Waals surface area (Å²) in [5.41, 5.74) is 0.522. The largest absolute Gasteiger partial charge is 0.369 e. The molecule has 4 heterocycles. The standard InChI is InChI=1S/C18H22N8O/c1-18(2,13-5-3-6-14(27)25-13)10-21-15-12-9-24-26(16(12)23-11-22-15)17-19-7-4-8-20-17/h4,7-9,11,13H,3,5-6,10H2,1-2H3,(H,25,27)(H,21,22,23). The topological polar surface area (TPSA) is 111 Å². The molecule has 0 saturated carbocycles. The second kappa shape index (κ2) is 6.90. The molecular formula is C18H22N8O. The van der Waals surface area contributed by atoms with Crippen LogP contribution in [0, 0.1) is 5.41 Å². The monoisotopic (exact) mass is 366 g/mol. The number of piperidine rings is 1. The Morgan fingerprint density at radius 1 is 1.26 bits per heavy atom. The van der Waals surface area contributed by atoms with Gasteiger partial charge in [-0.25, -0.2) is 19.9 Å². The Bertz CT molecular complexity index is 952. The van der Waals surface area contributed by atoms with Gasteiger partial charge < -0.3 is 10.6 Å². The number of nitrogens with one attached hydrogen (secondary N) is 2. The van der Waals surface area contributed by atoms with Crippen LogP contribution in [0.15, 0.2) is 31.0 Å². The van der Waals surface area contributed by atoms with Crippen molar-refractivity contribution in [2.45, 2.75) is 39.2 Å². The van der Waals surface area contributed by atoms with E-state index in [0.29, 0.717) is 30.4 Å². The molecule has 0 radical (unpaired) electrons. The molecule has 1 fully saturated rings. The predicted molar refractivity (Wildman–Crippen MR) is 100 cm³/mol. The van der Waals surface area contributed by atoms with E-state index in [9.17, 15) is 4.79 Å². The van der Waals surface area contributed by atoms with Gasteiger partial charge in [-0.05, 0) is 18.9 Å². The van der Waals surface area contributed by atoms with Crippen LogP contribution in [0.5, 0.6) is 0 Å². The summed E-state index contributed by atoms with van der Waals surface area (Å²) in [6.45, 7) is 4.96. The molecule has 0 aliphatic carbocycles. The van der Waals surface area contributed by atoms with Crippen LogP contribution in [-0.4, -0.2) is 48.2 Å². The highest BCUT2D eigenvalue weighted by molar-refractivity contribution is 5.86. The SMILES string of the molecule is CC(C)(CNc1ncnc2c1cnn2-c1ncccn1)C1CCCC(=O)N1. The zero-order chi connectivity index (χ0) is 18.9. The van der Waals surface area contributed by atoms with Crippen LogP contribution in [0.2, 0.25) is 0 Å². The first-order valence-electron chi connectivity index (χ1n) is 9.04. The highest BCUT2D eigenvalue weighted by Crippen LogP contribution is 2.28. The molecule has 0 spiro atoms. The van der Waals surface area contributed by atoms with Gasteiger partial charge in [0.15, 0.2) is 5.65 Å². The van der Waals surface area contributed by atoms with E-state index < -0.39 is 0 Å². The molecule has 4 rings (SSSR count). The molecular weight excluding hydrogens is 344 g/mol. The minimum absolute atomic E-state index is 0.119. The Morgan fingerprint density at radius 3 is 2.85 bits per heavy atom. The molecule has 1 atom stereocenters. The van der Waals surface area contributed by atoms with E-state index in [-0.39, 0.29) is 17.4 Å². The Hall–Kier alpha value is -3.10. The van der Waals surface area contributed by atoms with Gasteiger partial charge in [0.1, 0.15) is 12.1 Å². The van der Waals surface area contributed by atoms with E-state index >= 15 is 0 Å². The van der Waals surface area contributed by atoms with E-state index in [0.717, 1.165) is 18.2 Å². The van der Waals surface area contributed by atoms with Crippen molar-refractivity contribution in [2.24, 2.45) is 5.41 Å². The normalized spacial score (nSPS) is 17.7. The number of hydrogen-bond acceptors (Lipinski definition) is 7. The smallest absolute Gasteiger partial charge is 0.252 e. The minimum Gasteiger partial charge on any atom is -0.369 e. The van der Waals surface area contributed by atoms with Crippen molar-refractivity contribution in [3.8, 4) is 5.95 Å². The van der Waals surface area contributed by atoms with Crippen LogP contribution in [0.4, 0.5) is 5.82 Å². The first kappa shape index (κ1) is 17.3. The third kappa shape index (κ3) is 3.44. The Balaban J connectivity index is 1.56. The number of rotatable bonds is 5. The second-order valence-corrected chi connectivity index (χ2v) is 7.42. The van der Waals surface area contributed by atoms with Crippen LogP contribution in [-0.2, 0) is 4.79 Å². The third-order valence-electron chi connectivity index (χ3n) is 4.99. The van der Waals surface area contributed by atoms with Gasteiger partial charge in [-0.15, -0.1) is 0 Å². The lowest BCUT2D eigenvalue weighted by molar-refractivity contribution is -0.124. The number of fused-ring (bicyclic) bond motifs is 1. The molecule has 0 bridgehead atoms. The average molecular weight is 366 g/mol. The van der Waals surface area contributed by atoms with Gasteiger partial charge in [0.2, 0.25) is 5.91 Å². The fourth-order valence-corrected chi connectivity index (χ4v) is 3.36. The number of carbonyl (C=O) groups is 1. The molecule has 1 amide bonds. The fraction of sp³-hybridized carbons (Fsp3) is 0.444. The average Bonchev–Trinajstić information content (AvgIpc) is 3.12. The number of carbonyl (C=O) groups excluding carboxylic acids is 1. The van der Waals surface area contributed by atoms with Crippen molar-refractivity contribution < 1.29 is 4.79 Å². The quantitative estimate of drug-likeness (QED) is 0.707. The summed E-state index contributed by atoms with van der Waals surface area (Å²) >= 11 is 0. The number of amides is 1. The van der Waals surface area contributed by atoms with Gasteiger partial charge in [0.05, 0.1) is 11.6 Å². The summed E-state index contributed by atoms with van der Waals surface area (Å²) in [7, 11) is 0. The Kier molecular flexibility index (Phi) is 4.43. The van der Waals surface area contributed by atoms with Crippen molar-refractivity contribution in [1.29, 1.82) is 0 Å². The van der Waals surface area contributed by atoms with Crippen molar-refractivity contribution in [3.05, 3.63) is 31.0 Å².